The summed E-state index contributed by atoms with van der Waals surface area (Å²) in [5.41, 5.74) is 0. The second kappa shape index (κ2) is 71.7. The van der Waals surface area contributed by atoms with Crippen molar-refractivity contribution >= 4 is 39.5 Å². The van der Waals surface area contributed by atoms with Crippen LogP contribution in [0.1, 0.15) is 420 Å². The van der Waals surface area contributed by atoms with Gasteiger partial charge >= 0.3 is 39.5 Å². The smallest absolute Gasteiger partial charge is 0.462 e. The SMILES string of the molecule is CCCCCCCCCCCCC(=O)OC[C@H](COP(=O)(O)OC[C@H](O)COP(=O)(O)OC[C@@H](COC(=O)CCCCCCCCCCCCCCCCC(C)C)OC(=O)CCCCCCCCCCCCCCCCCCCCC(C)CC)OC(=O)CCCCCCCCCCCC. The largest absolute Gasteiger partial charge is 0.472 e. The summed E-state index contributed by atoms with van der Waals surface area (Å²) in [5, 5.41) is 10.6. The molecule has 588 valence electrons. The fourth-order valence-corrected chi connectivity index (χ4v) is 13.9. The van der Waals surface area contributed by atoms with E-state index < -0.39 is 97.5 Å². The number of carbonyl (C=O) groups excluding carboxylic acids is 4. The van der Waals surface area contributed by atoms with Crippen LogP contribution < -0.4 is 0 Å². The van der Waals surface area contributed by atoms with Crippen molar-refractivity contribution < 1.29 is 80.2 Å². The predicted octanol–water partition coefficient (Wildman–Crippen LogP) is 23.9. The van der Waals surface area contributed by atoms with Crippen LogP contribution in [0.4, 0.5) is 0 Å². The summed E-state index contributed by atoms with van der Waals surface area (Å²) >= 11 is 0. The van der Waals surface area contributed by atoms with Crippen LogP contribution in [0, 0.1) is 11.8 Å². The lowest BCUT2D eigenvalue weighted by molar-refractivity contribution is -0.161. The Morgan fingerprint density at radius 2 is 0.515 bits per heavy atom. The standard InChI is InChI=1S/C80H156O17P2/c1-7-10-12-14-16-18-38-44-50-56-62-77(82)90-68-75(96-79(84)64-58-52-46-39-19-17-15-13-11-8-2)70-94-98(86,87)92-66-74(81)67-93-99(88,89)95-71-76(69-91-78(83)63-57-51-45-40-34-30-27-26-28-32-36-42-48-54-60-72(4)5)97-80(85)65-59-53-47-41-35-31-25-23-21-20-22-24-29-33-37-43-49-55-61-73(6)9-3/h72-76,81H,7-71H2,1-6H3,(H,86,87)(H,88,89)/t73?,74-,75+,76+/m0/s1. The molecule has 0 aliphatic carbocycles. The Morgan fingerprint density at radius 1 is 0.293 bits per heavy atom. The summed E-state index contributed by atoms with van der Waals surface area (Å²) < 4.78 is 68.6. The minimum Gasteiger partial charge on any atom is -0.462 e. The quantitative estimate of drug-likeness (QED) is 0.0222. The van der Waals surface area contributed by atoms with E-state index >= 15 is 0 Å². The Morgan fingerprint density at radius 3 is 0.768 bits per heavy atom. The number of phosphoric ester groups is 2. The van der Waals surface area contributed by atoms with E-state index in [-0.39, 0.29) is 25.7 Å². The van der Waals surface area contributed by atoms with Crippen LogP contribution in [0.3, 0.4) is 0 Å². The molecule has 0 aliphatic heterocycles. The molecular weight excluding hydrogens is 1290 g/mol. The molecule has 0 radical (unpaired) electrons. The van der Waals surface area contributed by atoms with Crippen molar-refractivity contribution in [3.8, 4) is 0 Å². The number of unbranched alkanes of at least 4 members (excludes halogenated alkanes) is 48. The monoisotopic (exact) mass is 1450 g/mol. The van der Waals surface area contributed by atoms with Gasteiger partial charge in [0.15, 0.2) is 12.2 Å². The van der Waals surface area contributed by atoms with E-state index in [2.05, 4.69) is 41.5 Å². The fourth-order valence-electron chi connectivity index (χ4n) is 12.3. The highest BCUT2D eigenvalue weighted by molar-refractivity contribution is 7.47. The Hall–Kier alpha value is -1.94. The summed E-state index contributed by atoms with van der Waals surface area (Å²) in [6.07, 6.45) is 61.0. The van der Waals surface area contributed by atoms with Gasteiger partial charge in [0.05, 0.1) is 26.4 Å². The number of carbonyl (C=O) groups is 4. The Bertz CT molecular complexity index is 1910. The van der Waals surface area contributed by atoms with Gasteiger partial charge < -0.3 is 33.8 Å². The first kappa shape index (κ1) is 97.1. The number of hydrogen-bond donors (Lipinski definition) is 3. The highest BCUT2D eigenvalue weighted by atomic mass is 31.2. The average Bonchev–Trinajstić information content (AvgIpc) is 1.19. The van der Waals surface area contributed by atoms with E-state index in [1.54, 1.807) is 0 Å². The van der Waals surface area contributed by atoms with E-state index in [9.17, 15) is 43.2 Å². The molecule has 99 heavy (non-hydrogen) atoms. The molecular formula is C80H156O17P2. The number of aliphatic hydroxyl groups is 1. The van der Waals surface area contributed by atoms with Crippen molar-refractivity contribution in [2.24, 2.45) is 11.8 Å². The van der Waals surface area contributed by atoms with Crippen molar-refractivity contribution in [3.05, 3.63) is 0 Å². The normalized spacial score (nSPS) is 14.2. The molecule has 3 unspecified atom stereocenters. The summed E-state index contributed by atoms with van der Waals surface area (Å²) in [5.74, 6) is -0.441. The average molecular weight is 1450 g/mol. The molecule has 0 aromatic carbocycles. The van der Waals surface area contributed by atoms with Crippen LogP contribution in [0.25, 0.3) is 0 Å². The van der Waals surface area contributed by atoms with Crippen LogP contribution >= 0.6 is 15.6 Å². The molecule has 0 rings (SSSR count). The lowest BCUT2D eigenvalue weighted by Crippen LogP contribution is -2.30. The molecule has 19 heteroatoms. The Labute approximate surface area is 607 Å². The van der Waals surface area contributed by atoms with Crippen molar-refractivity contribution in [3.63, 3.8) is 0 Å². The number of rotatable bonds is 79. The van der Waals surface area contributed by atoms with Gasteiger partial charge in [-0.15, -0.1) is 0 Å². The first-order chi connectivity index (χ1) is 47.9. The Kier molecular flexibility index (Phi) is 70.3. The zero-order valence-electron chi connectivity index (χ0n) is 64.8. The topological polar surface area (TPSA) is 237 Å². The fraction of sp³-hybridized carbons (Fsp3) is 0.950. The van der Waals surface area contributed by atoms with Gasteiger partial charge in [0.25, 0.3) is 0 Å². The third-order valence-electron chi connectivity index (χ3n) is 19.1. The molecule has 0 fully saturated rings. The van der Waals surface area contributed by atoms with Gasteiger partial charge in [0.1, 0.15) is 19.3 Å². The molecule has 0 saturated carbocycles. The minimum absolute atomic E-state index is 0.107. The maximum atomic E-state index is 13.1. The molecule has 6 atom stereocenters. The number of phosphoric acid groups is 2. The first-order valence-corrected chi connectivity index (χ1v) is 44.5. The predicted molar refractivity (Wildman–Crippen MR) is 405 cm³/mol. The van der Waals surface area contributed by atoms with Crippen LogP contribution in [-0.4, -0.2) is 96.7 Å². The molecule has 0 aromatic heterocycles. The first-order valence-electron chi connectivity index (χ1n) is 41.5. The van der Waals surface area contributed by atoms with Crippen LogP contribution in [0.5, 0.6) is 0 Å². The molecule has 17 nitrogen and oxygen atoms in total. The van der Waals surface area contributed by atoms with E-state index in [4.69, 9.17) is 37.0 Å². The van der Waals surface area contributed by atoms with Gasteiger partial charge in [-0.1, -0.05) is 369 Å². The van der Waals surface area contributed by atoms with Gasteiger partial charge in [-0.2, -0.15) is 0 Å². The molecule has 0 amide bonds. The van der Waals surface area contributed by atoms with Gasteiger partial charge in [0, 0.05) is 25.7 Å². The molecule has 0 heterocycles. The van der Waals surface area contributed by atoms with Gasteiger partial charge in [-0.3, -0.25) is 37.3 Å². The van der Waals surface area contributed by atoms with Gasteiger partial charge in [-0.25, -0.2) is 9.13 Å². The molecule has 3 N–H and O–H groups in total. The molecule has 0 spiro atoms. The lowest BCUT2D eigenvalue weighted by atomic mass is 9.99. The summed E-state index contributed by atoms with van der Waals surface area (Å²) in [6.45, 7) is 9.70. The van der Waals surface area contributed by atoms with Crippen molar-refractivity contribution in [2.45, 2.75) is 439 Å². The second-order valence-electron chi connectivity index (χ2n) is 29.5. The highest BCUT2D eigenvalue weighted by Crippen LogP contribution is 2.45. The van der Waals surface area contributed by atoms with E-state index in [0.29, 0.717) is 25.7 Å². The van der Waals surface area contributed by atoms with E-state index in [1.807, 2.05) is 0 Å². The summed E-state index contributed by atoms with van der Waals surface area (Å²) in [6, 6.07) is 0. The second-order valence-corrected chi connectivity index (χ2v) is 32.4. The van der Waals surface area contributed by atoms with Crippen molar-refractivity contribution in [1.29, 1.82) is 0 Å². The number of ether oxygens (including phenoxy) is 4. The number of esters is 4. The van der Waals surface area contributed by atoms with Gasteiger partial charge in [0.2, 0.25) is 0 Å². The summed E-state index contributed by atoms with van der Waals surface area (Å²) in [4.78, 5) is 72.9. The molecule has 0 saturated heterocycles. The number of aliphatic hydroxyl groups excluding tert-OH is 1. The molecule has 0 aromatic rings. The van der Waals surface area contributed by atoms with E-state index in [1.165, 1.54) is 238 Å². The van der Waals surface area contributed by atoms with Crippen LogP contribution in [-0.2, 0) is 65.4 Å². The third kappa shape index (κ3) is 72.8. The summed E-state index contributed by atoms with van der Waals surface area (Å²) in [7, 11) is -9.91. The van der Waals surface area contributed by atoms with Crippen molar-refractivity contribution in [1.82, 2.24) is 0 Å². The molecule has 0 bridgehead atoms. The van der Waals surface area contributed by atoms with Crippen LogP contribution in [0.2, 0.25) is 0 Å². The minimum atomic E-state index is -4.96. The zero-order chi connectivity index (χ0) is 72.8. The zero-order valence-corrected chi connectivity index (χ0v) is 66.6. The Balaban J connectivity index is 5.18. The highest BCUT2D eigenvalue weighted by Gasteiger charge is 2.30. The van der Waals surface area contributed by atoms with Crippen LogP contribution in [0.15, 0.2) is 0 Å². The maximum absolute atomic E-state index is 13.1. The lowest BCUT2D eigenvalue weighted by Gasteiger charge is -2.21. The van der Waals surface area contributed by atoms with Crippen molar-refractivity contribution in [2.75, 3.05) is 39.6 Å². The molecule has 0 aliphatic rings. The third-order valence-corrected chi connectivity index (χ3v) is 21.0. The van der Waals surface area contributed by atoms with Gasteiger partial charge in [-0.05, 0) is 37.5 Å². The van der Waals surface area contributed by atoms with E-state index in [0.717, 1.165) is 102 Å². The maximum Gasteiger partial charge on any atom is 0.472 e. The number of hydrogen-bond acceptors (Lipinski definition) is 15.